The van der Waals surface area contributed by atoms with Crippen LogP contribution in [-0.4, -0.2) is 24.8 Å². The van der Waals surface area contributed by atoms with E-state index in [1.54, 1.807) is 36.4 Å². The minimum absolute atomic E-state index is 0.0234. The maximum atomic E-state index is 13.0. The number of nitrogen functional groups attached to an aromatic ring is 1. The number of hydrogen-bond acceptors (Lipinski definition) is 7. The lowest BCUT2D eigenvalue weighted by Crippen LogP contribution is -2.40. The molecule has 2 heterocycles. The Bertz CT molecular complexity index is 1370. The molecule has 1 amide bonds. The second-order valence-electron chi connectivity index (χ2n) is 6.68. The quantitative estimate of drug-likeness (QED) is 0.461. The van der Waals surface area contributed by atoms with E-state index >= 15 is 0 Å². The first-order valence-corrected chi connectivity index (χ1v) is 10.6. The molecule has 1 aromatic heterocycles. The van der Waals surface area contributed by atoms with Gasteiger partial charge in [-0.1, -0.05) is 36.4 Å². The highest BCUT2D eigenvalue weighted by Gasteiger charge is 2.31. The third-order valence-corrected chi connectivity index (χ3v) is 6.02. The van der Waals surface area contributed by atoms with E-state index < -0.39 is 21.5 Å². The van der Waals surface area contributed by atoms with Gasteiger partial charge in [-0.25, -0.2) is 4.83 Å². The largest absolute Gasteiger partial charge is 0.383 e. The highest BCUT2D eigenvalue weighted by atomic mass is 32.2. The summed E-state index contributed by atoms with van der Waals surface area (Å²) in [5, 5.41) is 2.68. The van der Waals surface area contributed by atoms with Crippen LogP contribution in [-0.2, 0) is 16.6 Å². The number of amidine groups is 1. The van der Waals surface area contributed by atoms with Crippen LogP contribution in [0.4, 0.5) is 11.5 Å². The number of nitrogens with zero attached hydrogens (tertiary/aromatic N) is 2. The minimum atomic E-state index is -4.17. The minimum Gasteiger partial charge on any atom is -0.383 e. The van der Waals surface area contributed by atoms with Gasteiger partial charge in [-0.15, -0.1) is 0 Å². The zero-order chi connectivity index (χ0) is 22.2. The van der Waals surface area contributed by atoms with Crippen molar-refractivity contribution in [3.63, 3.8) is 0 Å². The summed E-state index contributed by atoms with van der Waals surface area (Å²) >= 11 is 0. The molecule has 0 fully saturated rings. The second kappa shape index (κ2) is 7.61. The van der Waals surface area contributed by atoms with Gasteiger partial charge in [0, 0.05) is 11.3 Å². The zero-order valence-electron chi connectivity index (χ0n) is 16.1. The first-order valence-electron chi connectivity index (χ1n) is 9.11. The molecule has 3 aromatic rings. The molecule has 0 saturated heterocycles. The van der Waals surface area contributed by atoms with Gasteiger partial charge >= 0.3 is 0 Å². The number of anilines is 2. The van der Waals surface area contributed by atoms with Crippen molar-refractivity contribution >= 4 is 33.3 Å². The van der Waals surface area contributed by atoms with Gasteiger partial charge in [0.15, 0.2) is 0 Å². The number of sulfonamides is 1. The number of hydrogen-bond donors (Lipinski definition) is 4. The van der Waals surface area contributed by atoms with E-state index in [4.69, 9.17) is 11.5 Å². The van der Waals surface area contributed by atoms with E-state index in [-0.39, 0.29) is 39.8 Å². The van der Waals surface area contributed by atoms with Gasteiger partial charge in [0.1, 0.15) is 11.7 Å². The first kappa shape index (κ1) is 20.2. The summed E-state index contributed by atoms with van der Waals surface area (Å²) in [6.45, 7) is -0.0234. The van der Waals surface area contributed by atoms with Crippen LogP contribution in [0.2, 0.25) is 0 Å². The van der Waals surface area contributed by atoms with Gasteiger partial charge in [0.25, 0.3) is 21.5 Å². The van der Waals surface area contributed by atoms with Crippen molar-refractivity contribution in [1.29, 1.82) is 0 Å². The number of para-hydroxylation sites is 1. The summed E-state index contributed by atoms with van der Waals surface area (Å²) < 4.78 is 26.1. The van der Waals surface area contributed by atoms with Crippen molar-refractivity contribution in [3.05, 3.63) is 87.7 Å². The van der Waals surface area contributed by atoms with Crippen LogP contribution in [0.15, 0.2) is 75.3 Å². The van der Waals surface area contributed by atoms with E-state index in [0.29, 0.717) is 10.4 Å². The predicted octanol–water partition coefficient (Wildman–Crippen LogP) is 0.834. The van der Waals surface area contributed by atoms with Crippen molar-refractivity contribution in [3.8, 4) is 0 Å². The fourth-order valence-electron chi connectivity index (χ4n) is 3.24. The second-order valence-corrected chi connectivity index (χ2v) is 8.34. The molecule has 11 heteroatoms. The normalized spacial score (nSPS) is 12.7. The molecule has 0 atom stereocenters. The molecule has 0 spiro atoms. The van der Waals surface area contributed by atoms with Gasteiger partial charge in [-0.2, -0.15) is 13.1 Å². The third kappa shape index (κ3) is 3.62. The predicted molar refractivity (Wildman–Crippen MR) is 117 cm³/mol. The van der Waals surface area contributed by atoms with Crippen LogP contribution in [0.25, 0.3) is 0 Å². The Morgan fingerprint density at radius 2 is 1.61 bits per heavy atom. The van der Waals surface area contributed by atoms with E-state index in [1.165, 1.54) is 24.3 Å². The van der Waals surface area contributed by atoms with Gasteiger partial charge in [0.2, 0.25) is 0 Å². The van der Waals surface area contributed by atoms with Crippen LogP contribution in [0.1, 0.15) is 21.5 Å². The lowest BCUT2D eigenvalue weighted by atomic mass is 10.0. The highest BCUT2D eigenvalue weighted by Crippen LogP contribution is 2.25. The number of nitrogens with one attached hydrogen (secondary N) is 2. The molecule has 0 bridgehead atoms. The van der Waals surface area contributed by atoms with E-state index in [1.807, 2.05) is 0 Å². The maximum absolute atomic E-state index is 13.0. The van der Waals surface area contributed by atoms with Crippen molar-refractivity contribution in [2.45, 2.75) is 11.4 Å². The molecule has 1 aliphatic heterocycles. The van der Waals surface area contributed by atoms with Crippen molar-refractivity contribution in [2.75, 3.05) is 15.9 Å². The Balaban J connectivity index is 1.84. The Morgan fingerprint density at radius 1 is 1.00 bits per heavy atom. The number of benzene rings is 2. The van der Waals surface area contributed by atoms with Gasteiger partial charge in [-0.05, 0) is 24.3 Å². The molecule has 158 valence electrons. The Labute approximate surface area is 177 Å². The summed E-state index contributed by atoms with van der Waals surface area (Å²) in [4.78, 5) is 32.1. The number of amides is 1. The van der Waals surface area contributed by atoms with Crippen LogP contribution in [0, 0.1) is 0 Å². The molecular formula is C20H18N6O4S. The Hall–Kier alpha value is -4.12. The number of carbonyl (C=O) groups excluding carboxylic acids is 1. The maximum Gasteiger partial charge on any atom is 0.282 e. The third-order valence-electron chi connectivity index (χ3n) is 4.70. The van der Waals surface area contributed by atoms with Crippen molar-refractivity contribution in [2.24, 2.45) is 10.7 Å². The molecule has 0 aliphatic carbocycles. The lowest BCUT2D eigenvalue weighted by molar-refractivity contribution is 0.102. The van der Waals surface area contributed by atoms with Crippen molar-refractivity contribution in [1.82, 2.24) is 4.68 Å². The topological polar surface area (TPSA) is 162 Å². The zero-order valence-corrected chi connectivity index (χ0v) is 16.9. The molecule has 0 saturated carbocycles. The molecule has 0 unspecified atom stereocenters. The van der Waals surface area contributed by atoms with E-state index in [2.05, 4.69) is 15.1 Å². The monoisotopic (exact) mass is 438 g/mol. The van der Waals surface area contributed by atoms with E-state index in [9.17, 15) is 18.0 Å². The van der Waals surface area contributed by atoms with Crippen LogP contribution >= 0.6 is 0 Å². The number of nitrogens with two attached hydrogens (primary N) is 2. The molecule has 6 N–H and O–H groups in total. The van der Waals surface area contributed by atoms with E-state index in [0.717, 1.165) is 0 Å². The molecule has 0 radical (unpaired) electrons. The molecule has 10 nitrogen and oxygen atoms in total. The summed E-state index contributed by atoms with van der Waals surface area (Å²) in [6, 6.07) is 16.0. The van der Waals surface area contributed by atoms with Gasteiger partial charge in [0.05, 0.1) is 22.6 Å². The average Bonchev–Trinajstić information content (AvgIpc) is 3.14. The molecular weight excluding hydrogens is 420 g/mol. The summed E-state index contributed by atoms with van der Waals surface area (Å²) in [5.41, 5.74) is 11.7. The standard InChI is InChI=1S/C20H18N6O4S/c21-17-15-14(11-23-17)16(19(27)24-12-7-3-1-4-8-12)18(22)26(20(15)28)25-31(29,30)13-9-5-2-6-10-13/h1-10,25H,11,22H2,(H2,21,23)(H,24,27). The van der Waals surface area contributed by atoms with Crippen LogP contribution in [0.5, 0.6) is 0 Å². The first-order chi connectivity index (χ1) is 14.8. The number of aromatic nitrogens is 1. The highest BCUT2D eigenvalue weighted by molar-refractivity contribution is 7.92. The van der Waals surface area contributed by atoms with Crippen molar-refractivity contribution < 1.29 is 13.2 Å². The fourth-order valence-corrected chi connectivity index (χ4v) is 4.28. The number of carbonyl (C=O) groups is 1. The summed E-state index contributed by atoms with van der Waals surface area (Å²) in [7, 11) is -4.17. The molecule has 1 aliphatic rings. The number of fused-ring (bicyclic) bond motifs is 1. The lowest BCUT2D eigenvalue weighted by Gasteiger charge is -2.18. The number of aliphatic imine (C=N–C) groups is 1. The van der Waals surface area contributed by atoms with Gasteiger partial charge in [-0.3, -0.25) is 14.6 Å². The molecule has 4 rings (SSSR count). The smallest absolute Gasteiger partial charge is 0.282 e. The van der Waals surface area contributed by atoms with Crippen LogP contribution < -0.4 is 27.2 Å². The number of rotatable bonds is 5. The molecule has 31 heavy (non-hydrogen) atoms. The number of pyridine rings is 1. The van der Waals surface area contributed by atoms with Gasteiger partial charge < -0.3 is 16.8 Å². The fraction of sp³-hybridized carbons (Fsp3) is 0.0500. The summed E-state index contributed by atoms with van der Waals surface area (Å²) in [6.07, 6.45) is 0. The van der Waals surface area contributed by atoms with Crippen LogP contribution in [0.3, 0.4) is 0 Å². The Morgan fingerprint density at radius 3 is 2.26 bits per heavy atom. The molecule has 2 aromatic carbocycles. The summed E-state index contributed by atoms with van der Waals surface area (Å²) in [5.74, 6) is -1.10. The Kier molecular flexibility index (Phi) is 4.95. The SMILES string of the molecule is NC1=NCc2c(C(=O)Nc3ccccc3)c(N)n(NS(=O)(=O)c3ccccc3)c(=O)c21. The average molecular weight is 438 g/mol.